The van der Waals surface area contributed by atoms with Gasteiger partial charge in [0.1, 0.15) is 0 Å². The fourth-order valence-corrected chi connectivity index (χ4v) is 2.46. The van der Waals surface area contributed by atoms with Gasteiger partial charge in [-0.2, -0.15) is 0 Å². The molecule has 1 heterocycles. The van der Waals surface area contributed by atoms with Crippen molar-refractivity contribution in [2.75, 3.05) is 26.3 Å². The first-order valence-corrected chi connectivity index (χ1v) is 6.67. The van der Waals surface area contributed by atoms with Gasteiger partial charge in [-0.1, -0.05) is 15.9 Å². The molecule has 1 fully saturated rings. The quantitative estimate of drug-likeness (QED) is 0.747. The second-order valence-electron chi connectivity index (χ2n) is 3.42. The van der Waals surface area contributed by atoms with Crippen LogP contribution in [0.4, 0.5) is 4.79 Å². The number of amides is 1. The van der Waals surface area contributed by atoms with Gasteiger partial charge in [-0.15, -0.1) is 0 Å². The molecular formula is C11H12BrNO2S. The molecule has 0 N–H and O–H groups in total. The lowest BCUT2D eigenvalue weighted by Crippen LogP contribution is -2.38. The van der Waals surface area contributed by atoms with Gasteiger partial charge in [-0.3, -0.25) is 4.79 Å². The van der Waals surface area contributed by atoms with Crippen molar-refractivity contribution in [1.29, 1.82) is 0 Å². The standard InChI is InChI=1S/C11H12BrNO2S/c12-9-1-3-10(4-2-9)16-11(14)13-5-7-15-8-6-13/h1-4H,5-8H2. The Balaban J connectivity index is 1.93. The molecule has 0 aromatic heterocycles. The van der Waals surface area contributed by atoms with E-state index in [1.807, 2.05) is 29.2 Å². The number of morpholine rings is 1. The molecule has 0 radical (unpaired) electrons. The summed E-state index contributed by atoms with van der Waals surface area (Å²) in [6, 6.07) is 7.75. The number of carbonyl (C=O) groups is 1. The number of benzene rings is 1. The number of hydrogen-bond donors (Lipinski definition) is 0. The molecule has 3 nitrogen and oxygen atoms in total. The van der Waals surface area contributed by atoms with Gasteiger partial charge in [-0.25, -0.2) is 0 Å². The molecule has 0 spiro atoms. The van der Waals surface area contributed by atoms with Crippen LogP contribution in [0.1, 0.15) is 0 Å². The average molecular weight is 302 g/mol. The summed E-state index contributed by atoms with van der Waals surface area (Å²) in [6.45, 7) is 2.68. The molecule has 0 saturated carbocycles. The molecule has 5 heteroatoms. The molecule has 86 valence electrons. The van der Waals surface area contributed by atoms with Crippen molar-refractivity contribution in [2.24, 2.45) is 0 Å². The van der Waals surface area contributed by atoms with E-state index in [4.69, 9.17) is 4.74 Å². The summed E-state index contributed by atoms with van der Waals surface area (Å²) in [5, 5.41) is 0.102. The Morgan fingerprint density at radius 3 is 2.50 bits per heavy atom. The van der Waals surface area contributed by atoms with Crippen molar-refractivity contribution in [3.63, 3.8) is 0 Å². The van der Waals surface area contributed by atoms with E-state index in [1.54, 1.807) is 0 Å². The maximum Gasteiger partial charge on any atom is 0.286 e. The molecule has 2 rings (SSSR count). The summed E-state index contributed by atoms with van der Waals surface area (Å²) >= 11 is 4.64. The average Bonchev–Trinajstić information content (AvgIpc) is 2.33. The molecule has 1 saturated heterocycles. The largest absolute Gasteiger partial charge is 0.378 e. The third kappa shape index (κ3) is 3.23. The highest BCUT2D eigenvalue weighted by molar-refractivity contribution is 9.10. The van der Waals surface area contributed by atoms with E-state index in [-0.39, 0.29) is 5.24 Å². The Labute approximate surface area is 107 Å². The lowest BCUT2D eigenvalue weighted by molar-refractivity contribution is 0.0593. The third-order valence-electron chi connectivity index (χ3n) is 2.29. The van der Waals surface area contributed by atoms with Crippen LogP contribution in [0.15, 0.2) is 33.6 Å². The lowest BCUT2D eigenvalue weighted by atomic mass is 10.4. The summed E-state index contributed by atoms with van der Waals surface area (Å²) in [4.78, 5) is 14.7. The number of carbonyl (C=O) groups excluding carboxylic acids is 1. The second-order valence-corrected chi connectivity index (χ2v) is 5.36. The predicted molar refractivity (Wildman–Crippen MR) is 67.8 cm³/mol. The van der Waals surface area contributed by atoms with Crippen LogP contribution in [0.3, 0.4) is 0 Å². The number of halogens is 1. The number of rotatable bonds is 1. The summed E-state index contributed by atoms with van der Waals surface area (Å²) < 4.78 is 6.23. The monoisotopic (exact) mass is 301 g/mol. The Bertz CT molecular complexity index is 363. The first-order chi connectivity index (χ1) is 7.75. The van der Waals surface area contributed by atoms with Crippen LogP contribution in [0.5, 0.6) is 0 Å². The van der Waals surface area contributed by atoms with Crippen LogP contribution in [0.2, 0.25) is 0 Å². The van der Waals surface area contributed by atoms with Crippen molar-refractivity contribution in [3.8, 4) is 0 Å². The van der Waals surface area contributed by atoms with E-state index < -0.39 is 0 Å². The number of ether oxygens (including phenoxy) is 1. The van der Waals surface area contributed by atoms with Gasteiger partial charge in [0.05, 0.1) is 13.2 Å². The highest BCUT2D eigenvalue weighted by Gasteiger charge is 2.17. The predicted octanol–water partition coefficient (Wildman–Crippen LogP) is 2.99. The van der Waals surface area contributed by atoms with Crippen molar-refractivity contribution in [3.05, 3.63) is 28.7 Å². The van der Waals surface area contributed by atoms with E-state index in [1.165, 1.54) is 11.8 Å². The first-order valence-electron chi connectivity index (χ1n) is 5.06. The minimum atomic E-state index is 0.102. The van der Waals surface area contributed by atoms with Gasteiger partial charge in [-0.05, 0) is 36.0 Å². The van der Waals surface area contributed by atoms with Crippen molar-refractivity contribution in [2.45, 2.75) is 4.90 Å². The van der Waals surface area contributed by atoms with Gasteiger partial charge in [0.15, 0.2) is 0 Å². The highest BCUT2D eigenvalue weighted by atomic mass is 79.9. The van der Waals surface area contributed by atoms with Crippen LogP contribution in [0, 0.1) is 0 Å². The number of nitrogens with zero attached hydrogens (tertiary/aromatic N) is 1. The van der Waals surface area contributed by atoms with Gasteiger partial charge in [0.2, 0.25) is 0 Å². The van der Waals surface area contributed by atoms with Crippen LogP contribution in [-0.4, -0.2) is 36.4 Å². The summed E-state index contributed by atoms with van der Waals surface area (Å²) in [5.74, 6) is 0. The summed E-state index contributed by atoms with van der Waals surface area (Å²) in [5.41, 5.74) is 0. The lowest BCUT2D eigenvalue weighted by Gasteiger charge is -2.26. The third-order valence-corrected chi connectivity index (χ3v) is 3.76. The first kappa shape index (κ1) is 12.0. The summed E-state index contributed by atoms with van der Waals surface area (Å²) in [6.07, 6.45) is 0. The van der Waals surface area contributed by atoms with E-state index >= 15 is 0 Å². The summed E-state index contributed by atoms with van der Waals surface area (Å²) in [7, 11) is 0. The molecule has 1 aliphatic heterocycles. The van der Waals surface area contributed by atoms with E-state index in [2.05, 4.69) is 15.9 Å². The Hall–Kier alpha value is -0.520. The van der Waals surface area contributed by atoms with Crippen LogP contribution < -0.4 is 0 Å². The Morgan fingerprint density at radius 2 is 1.88 bits per heavy atom. The van der Waals surface area contributed by atoms with Crippen LogP contribution in [0.25, 0.3) is 0 Å². The van der Waals surface area contributed by atoms with Gasteiger partial charge in [0.25, 0.3) is 5.24 Å². The van der Waals surface area contributed by atoms with Gasteiger partial charge in [0, 0.05) is 22.5 Å². The van der Waals surface area contributed by atoms with Gasteiger partial charge >= 0.3 is 0 Å². The molecule has 1 aromatic rings. The maximum absolute atomic E-state index is 11.9. The maximum atomic E-state index is 11.9. The molecule has 0 aliphatic carbocycles. The Kier molecular flexibility index (Phi) is 4.26. The second kappa shape index (κ2) is 5.70. The molecule has 0 bridgehead atoms. The van der Waals surface area contributed by atoms with E-state index in [0.29, 0.717) is 26.3 Å². The zero-order chi connectivity index (χ0) is 11.4. The van der Waals surface area contributed by atoms with Crippen molar-refractivity contribution < 1.29 is 9.53 Å². The molecule has 1 aromatic carbocycles. The molecule has 1 amide bonds. The molecule has 1 aliphatic rings. The smallest absolute Gasteiger partial charge is 0.286 e. The fraction of sp³-hybridized carbons (Fsp3) is 0.364. The van der Waals surface area contributed by atoms with Crippen molar-refractivity contribution >= 4 is 32.9 Å². The zero-order valence-corrected chi connectivity index (χ0v) is 11.1. The molecular weight excluding hydrogens is 290 g/mol. The SMILES string of the molecule is O=C(Sc1ccc(Br)cc1)N1CCOCC1. The van der Waals surface area contributed by atoms with E-state index in [0.717, 1.165) is 9.37 Å². The van der Waals surface area contributed by atoms with E-state index in [9.17, 15) is 4.79 Å². The van der Waals surface area contributed by atoms with Crippen molar-refractivity contribution in [1.82, 2.24) is 4.90 Å². The topological polar surface area (TPSA) is 29.5 Å². The molecule has 0 unspecified atom stereocenters. The van der Waals surface area contributed by atoms with Crippen LogP contribution >= 0.6 is 27.7 Å². The minimum absolute atomic E-state index is 0.102. The molecule has 16 heavy (non-hydrogen) atoms. The minimum Gasteiger partial charge on any atom is -0.378 e. The van der Waals surface area contributed by atoms with Crippen LogP contribution in [-0.2, 0) is 4.74 Å². The highest BCUT2D eigenvalue weighted by Crippen LogP contribution is 2.23. The fourth-order valence-electron chi connectivity index (χ4n) is 1.41. The van der Waals surface area contributed by atoms with Gasteiger partial charge < -0.3 is 9.64 Å². The normalized spacial score (nSPS) is 16.2. The zero-order valence-electron chi connectivity index (χ0n) is 8.69. The molecule has 0 atom stereocenters. The Morgan fingerprint density at radius 1 is 1.25 bits per heavy atom. The number of thioether (sulfide) groups is 1. The number of hydrogen-bond acceptors (Lipinski definition) is 3.